The number of carbonyl (C=O) groups is 1. The molecule has 1 saturated carbocycles. The minimum absolute atomic E-state index is 0.244. The lowest BCUT2D eigenvalue weighted by molar-refractivity contribution is 0.181. The number of amides is 1. The van der Waals surface area contributed by atoms with Gasteiger partial charge in [0.1, 0.15) is 6.61 Å². The lowest BCUT2D eigenvalue weighted by Gasteiger charge is -2.35. The highest BCUT2D eigenvalue weighted by atomic mass is 16.6. The van der Waals surface area contributed by atoms with Gasteiger partial charge in [-0.25, -0.2) is 4.79 Å². The van der Waals surface area contributed by atoms with Crippen LogP contribution in [0.4, 0.5) is 16.2 Å². The maximum absolute atomic E-state index is 11.7. The van der Waals surface area contributed by atoms with Crippen LogP contribution in [0.1, 0.15) is 33.1 Å². The largest absolute Gasteiger partial charge is 0.447 e. The molecule has 1 N–H and O–H groups in total. The molecule has 3 rings (SSSR count). The average molecular weight is 288 g/mol. The van der Waals surface area contributed by atoms with Gasteiger partial charge in [-0.15, -0.1) is 0 Å². The second kappa shape index (κ2) is 5.96. The summed E-state index contributed by atoms with van der Waals surface area (Å²) < 4.78 is 5.01. The Kier molecular flexibility index (Phi) is 4.04. The SMILES string of the molecule is CC1CCCC(Nc2cccc(N3CCOC3=O)c2)C1C. The second-order valence-electron chi connectivity index (χ2n) is 6.33. The van der Waals surface area contributed by atoms with E-state index >= 15 is 0 Å². The zero-order chi connectivity index (χ0) is 14.8. The third-order valence-corrected chi connectivity index (χ3v) is 4.98. The zero-order valence-corrected chi connectivity index (χ0v) is 12.8. The Morgan fingerprint density at radius 2 is 2.14 bits per heavy atom. The van der Waals surface area contributed by atoms with Gasteiger partial charge in [-0.2, -0.15) is 0 Å². The number of cyclic esters (lactones) is 1. The van der Waals surface area contributed by atoms with Gasteiger partial charge in [-0.05, 0) is 36.5 Å². The van der Waals surface area contributed by atoms with E-state index in [9.17, 15) is 4.79 Å². The fraction of sp³-hybridized carbons (Fsp3) is 0.588. The number of benzene rings is 1. The van der Waals surface area contributed by atoms with Crippen LogP contribution in [-0.4, -0.2) is 25.3 Å². The standard InChI is InChI=1S/C17H24N2O2/c1-12-5-3-8-16(13(12)2)18-14-6-4-7-15(11-14)19-9-10-21-17(19)20/h4,6-7,11-13,16,18H,3,5,8-10H2,1-2H3. The number of hydrogen-bond acceptors (Lipinski definition) is 3. The third-order valence-electron chi connectivity index (χ3n) is 4.98. The minimum Gasteiger partial charge on any atom is -0.447 e. The molecular formula is C17H24N2O2. The number of ether oxygens (including phenoxy) is 1. The molecule has 1 aromatic carbocycles. The molecule has 21 heavy (non-hydrogen) atoms. The average Bonchev–Trinajstić information content (AvgIpc) is 2.90. The molecule has 3 unspecified atom stereocenters. The van der Waals surface area contributed by atoms with E-state index in [4.69, 9.17) is 4.74 Å². The first-order valence-electron chi connectivity index (χ1n) is 7.96. The second-order valence-corrected chi connectivity index (χ2v) is 6.33. The first-order valence-corrected chi connectivity index (χ1v) is 7.96. The summed E-state index contributed by atoms with van der Waals surface area (Å²) in [5.41, 5.74) is 2.01. The normalized spacial score (nSPS) is 29.3. The quantitative estimate of drug-likeness (QED) is 0.917. The first-order chi connectivity index (χ1) is 10.1. The van der Waals surface area contributed by atoms with Crippen molar-refractivity contribution in [1.82, 2.24) is 0 Å². The summed E-state index contributed by atoms with van der Waals surface area (Å²) in [5, 5.41) is 3.66. The monoisotopic (exact) mass is 288 g/mol. The van der Waals surface area contributed by atoms with Crippen molar-refractivity contribution >= 4 is 17.5 Å². The molecule has 2 aliphatic rings. The third kappa shape index (κ3) is 2.99. The molecule has 1 aliphatic heterocycles. The fourth-order valence-electron chi connectivity index (χ4n) is 3.39. The van der Waals surface area contributed by atoms with Crippen LogP contribution in [0.5, 0.6) is 0 Å². The Morgan fingerprint density at radius 3 is 2.90 bits per heavy atom. The number of carbonyl (C=O) groups excluding carboxylic acids is 1. The van der Waals surface area contributed by atoms with Gasteiger partial charge in [0.15, 0.2) is 0 Å². The van der Waals surface area contributed by atoms with Crippen LogP contribution < -0.4 is 10.2 Å². The van der Waals surface area contributed by atoms with Crippen LogP contribution >= 0.6 is 0 Å². The van der Waals surface area contributed by atoms with E-state index in [0.29, 0.717) is 25.1 Å². The van der Waals surface area contributed by atoms with Gasteiger partial charge in [0, 0.05) is 17.4 Å². The van der Waals surface area contributed by atoms with Crippen molar-refractivity contribution in [3.8, 4) is 0 Å². The van der Waals surface area contributed by atoms with E-state index in [1.807, 2.05) is 12.1 Å². The van der Waals surface area contributed by atoms with Gasteiger partial charge < -0.3 is 10.1 Å². The van der Waals surface area contributed by atoms with Crippen molar-refractivity contribution in [1.29, 1.82) is 0 Å². The smallest absolute Gasteiger partial charge is 0.414 e. The van der Waals surface area contributed by atoms with Crippen molar-refractivity contribution in [3.05, 3.63) is 24.3 Å². The summed E-state index contributed by atoms with van der Waals surface area (Å²) in [6.07, 6.45) is 3.61. The van der Waals surface area contributed by atoms with Crippen molar-refractivity contribution in [2.24, 2.45) is 11.8 Å². The van der Waals surface area contributed by atoms with E-state index < -0.39 is 0 Å². The maximum atomic E-state index is 11.7. The predicted molar refractivity (Wildman–Crippen MR) is 84.7 cm³/mol. The summed E-state index contributed by atoms with van der Waals surface area (Å²) in [6, 6.07) is 8.62. The number of hydrogen-bond donors (Lipinski definition) is 1. The van der Waals surface area contributed by atoms with Crippen molar-refractivity contribution in [2.45, 2.75) is 39.2 Å². The van der Waals surface area contributed by atoms with Crippen LogP contribution in [0.3, 0.4) is 0 Å². The molecule has 0 aromatic heterocycles. The van der Waals surface area contributed by atoms with E-state index in [0.717, 1.165) is 17.3 Å². The number of rotatable bonds is 3. The minimum atomic E-state index is -0.244. The highest BCUT2D eigenvalue weighted by Crippen LogP contribution is 2.32. The molecule has 4 heteroatoms. The van der Waals surface area contributed by atoms with Crippen molar-refractivity contribution in [2.75, 3.05) is 23.4 Å². The lowest BCUT2D eigenvalue weighted by atomic mass is 9.78. The van der Waals surface area contributed by atoms with Gasteiger partial charge in [-0.1, -0.05) is 32.8 Å². The zero-order valence-electron chi connectivity index (χ0n) is 12.8. The van der Waals surface area contributed by atoms with E-state index in [1.165, 1.54) is 19.3 Å². The van der Waals surface area contributed by atoms with E-state index in [1.54, 1.807) is 4.90 Å². The fourth-order valence-corrected chi connectivity index (χ4v) is 3.39. The Bertz CT molecular complexity index is 517. The molecule has 114 valence electrons. The van der Waals surface area contributed by atoms with Crippen LogP contribution in [-0.2, 0) is 4.74 Å². The molecule has 1 amide bonds. The molecule has 2 fully saturated rings. The Morgan fingerprint density at radius 1 is 1.29 bits per heavy atom. The molecule has 0 radical (unpaired) electrons. The van der Waals surface area contributed by atoms with Crippen LogP contribution in [0.25, 0.3) is 0 Å². The predicted octanol–water partition coefficient (Wildman–Crippen LogP) is 3.88. The van der Waals surface area contributed by atoms with E-state index in [-0.39, 0.29) is 6.09 Å². The lowest BCUT2D eigenvalue weighted by Crippen LogP contribution is -2.35. The van der Waals surface area contributed by atoms with Gasteiger partial charge in [0.05, 0.1) is 6.54 Å². The first kappa shape index (κ1) is 14.2. The highest BCUT2D eigenvalue weighted by molar-refractivity contribution is 5.89. The molecular weight excluding hydrogens is 264 g/mol. The molecule has 1 aliphatic carbocycles. The summed E-state index contributed by atoms with van der Waals surface area (Å²) >= 11 is 0. The molecule has 4 nitrogen and oxygen atoms in total. The number of nitrogens with zero attached hydrogens (tertiary/aromatic N) is 1. The Balaban J connectivity index is 1.72. The molecule has 3 atom stereocenters. The number of nitrogens with one attached hydrogen (secondary N) is 1. The van der Waals surface area contributed by atoms with Gasteiger partial charge in [0.25, 0.3) is 0 Å². The molecule has 1 aromatic rings. The van der Waals surface area contributed by atoms with E-state index in [2.05, 4.69) is 31.3 Å². The van der Waals surface area contributed by atoms with Gasteiger partial charge in [0.2, 0.25) is 0 Å². The van der Waals surface area contributed by atoms with Gasteiger partial charge in [-0.3, -0.25) is 4.90 Å². The van der Waals surface area contributed by atoms with Crippen LogP contribution in [0, 0.1) is 11.8 Å². The Labute approximate surface area is 126 Å². The molecule has 1 saturated heterocycles. The highest BCUT2D eigenvalue weighted by Gasteiger charge is 2.27. The summed E-state index contributed by atoms with van der Waals surface area (Å²) in [7, 11) is 0. The topological polar surface area (TPSA) is 41.6 Å². The summed E-state index contributed by atoms with van der Waals surface area (Å²) in [4.78, 5) is 13.3. The van der Waals surface area contributed by atoms with Gasteiger partial charge >= 0.3 is 6.09 Å². The molecule has 0 bridgehead atoms. The maximum Gasteiger partial charge on any atom is 0.414 e. The van der Waals surface area contributed by atoms with Crippen molar-refractivity contribution in [3.63, 3.8) is 0 Å². The molecule has 0 spiro atoms. The van der Waals surface area contributed by atoms with Crippen LogP contribution in [0.15, 0.2) is 24.3 Å². The summed E-state index contributed by atoms with van der Waals surface area (Å²) in [5.74, 6) is 1.45. The number of anilines is 2. The molecule has 1 heterocycles. The Hall–Kier alpha value is -1.71. The summed E-state index contributed by atoms with van der Waals surface area (Å²) in [6.45, 7) is 5.80. The van der Waals surface area contributed by atoms with Crippen LogP contribution in [0.2, 0.25) is 0 Å². The van der Waals surface area contributed by atoms with Crippen molar-refractivity contribution < 1.29 is 9.53 Å².